The lowest BCUT2D eigenvalue weighted by atomic mass is 9.95. The van der Waals surface area contributed by atoms with E-state index in [2.05, 4.69) is 29.3 Å². The van der Waals surface area contributed by atoms with E-state index in [9.17, 15) is 9.18 Å². The number of benzene rings is 3. The number of rotatable bonds is 6. The summed E-state index contributed by atoms with van der Waals surface area (Å²) < 4.78 is 14.8. The molecule has 0 saturated carbocycles. The van der Waals surface area contributed by atoms with Crippen LogP contribution in [0.25, 0.3) is 11.3 Å². The number of nitrogens with zero attached hydrogens (tertiary/aromatic N) is 5. The van der Waals surface area contributed by atoms with Crippen molar-refractivity contribution in [2.24, 2.45) is 10.9 Å². The molecule has 2 aliphatic rings. The molecule has 0 spiro atoms. The van der Waals surface area contributed by atoms with Gasteiger partial charge in [0.2, 0.25) is 5.95 Å². The Kier molecular flexibility index (Phi) is 7.04. The van der Waals surface area contributed by atoms with Gasteiger partial charge in [-0.1, -0.05) is 29.8 Å². The molecule has 6 rings (SSSR count). The number of carbonyl (C=O) groups is 1. The molecule has 1 amide bonds. The summed E-state index contributed by atoms with van der Waals surface area (Å²) in [6.45, 7) is 2.86. The zero-order chi connectivity index (χ0) is 27.8. The molecule has 0 bridgehead atoms. The van der Waals surface area contributed by atoms with Gasteiger partial charge in [-0.05, 0) is 62.6 Å². The Balaban J connectivity index is 1.23. The second-order valence-electron chi connectivity index (χ2n) is 10.4. The minimum atomic E-state index is -0.351. The molecular weight excluding hydrogens is 527 g/mol. The molecule has 0 radical (unpaired) electrons. The van der Waals surface area contributed by atoms with Crippen LogP contribution in [0.15, 0.2) is 77.9 Å². The van der Waals surface area contributed by atoms with E-state index < -0.39 is 0 Å². The summed E-state index contributed by atoms with van der Waals surface area (Å²) >= 11 is 6.36. The molecule has 40 heavy (non-hydrogen) atoms. The second-order valence-corrected chi connectivity index (χ2v) is 10.9. The highest BCUT2D eigenvalue weighted by atomic mass is 35.5. The van der Waals surface area contributed by atoms with Crippen LogP contribution in [0.1, 0.15) is 27.0 Å². The van der Waals surface area contributed by atoms with Gasteiger partial charge in [-0.15, -0.1) is 0 Å². The third-order valence-electron chi connectivity index (χ3n) is 7.15. The molecule has 202 valence electrons. The standard InChI is InChI=1S/C31H28ClFN6O/c1-38(2)16-19-17-39(18-19)30(40)20-7-10-23(11-8-20)36-31-35-15-21-14-34-29(25-5-3-4-6-27(25)33)26-13-22(32)9-12-24(26)28(21)37-31/h3-13,15,19H,14,16-18H2,1-2H3,(H,35,36,37). The summed E-state index contributed by atoms with van der Waals surface area (Å²) in [7, 11) is 4.10. The third kappa shape index (κ3) is 5.20. The van der Waals surface area contributed by atoms with Gasteiger partial charge < -0.3 is 15.1 Å². The van der Waals surface area contributed by atoms with Crippen LogP contribution in [0.5, 0.6) is 0 Å². The largest absolute Gasteiger partial charge is 0.338 e. The van der Waals surface area contributed by atoms with Gasteiger partial charge in [-0.3, -0.25) is 9.79 Å². The van der Waals surface area contributed by atoms with Crippen LogP contribution in [0, 0.1) is 11.7 Å². The summed E-state index contributed by atoms with van der Waals surface area (Å²) in [5.74, 6) is 0.627. The van der Waals surface area contributed by atoms with Gasteiger partial charge in [0, 0.05) is 70.3 Å². The first-order valence-corrected chi connectivity index (χ1v) is 13.5. The lowest BCUT2D eigenvalue weighted by Gasteiger charge is -2.40. The van der Waals surface area contributed by atoms with E-state index in [1.165, 1.54) is 6.07 Å². The Morgan fingerprint density at radius 3 is 2.58 bits per heavy atom. The smallest absolute Gasteiger partial charge is 0.253 e. The van der Waals surface area contributed by atoms with E-state index in [-0.39, 0.29) is 11.7 Å². The molecule has 3 aromatic carbocycles. The maximum Gasteiger partial charge on any atom is 0.253 e. The number of halogens is 2. The number of nitrogens with one attached hydrogen (secondary N) is 1. The molecule has 0 aliphatic carbocycles. The summed E-state index contributed by atoms with van der Waals surface area (Å²) in [5, 5.41) is 3.77. The van der Waals surface area contributed by atoms with Crippen molar-refractivity contribution in [1.82, 2.24) is 19.8 Å². The Bertz CT molecular complexity index is 1610. The maximum absolute atomic E-state index is 14.8. The number of hydrogen-bond acceptors (Lipinski definition) is 6. The average Bonchev–Trinajstić information content (AvgIpc) is 3.07. The Labute approximate surface area is 237 Å². The van der Waals surface area contributed by atoms with Crippen molar-refractivity contribution in [1.29, 1.82) is 0 Å². The summed E-state index contributed by atoms with van der Waals surface area (Å²) in [6, 6.07) is 19.4. The number of carbonyl (C=O) groups excluding carboxylic acids is 1. The van der Waals surface area contributed by atoms with Gasteiger partial charge in [0.15, 0.2) is 0 Å². The second kappa shape index (κ2) is 10.8. The van der Waals surface area contributed by atoms with Gasteiger partial charge in [0.05, 0.1) is 18.0 Å². The Morgan fingerprint density at radius 1 is 1.05 bits per heavy atom. The SMILES string of the molecule is CN(C)CC1CN(C(=O)c2ccc(Nc3ncc4c(n3)-c3ccc(Cl)cc3C(c3ccccc3F)=NC4)cc2)C1. The predicted molar refractivity (Wildman–Crippen MR) is 156 cm³/mol. The molecule has 1 fully saturated rings. The van der Waals surface area contributed by atoms with Crippen LogP contribution >= 0.6 is 11.6 Å². The van der Waals surface area contributed by atoms with Crippen molar-refractivity contribution in [2.45, 2.75) is 6.54 Å². The third-order valence-corrected chi connectivity index (χ3v) is 7.38. The Hall–Kier alpha value is -4.14. The molecule has 0 unspecified atom stereocenters. The summed E-state index contributed by atoms with van der Waals surface area (Å²) in [6.07, 6.45) is 1.74. The van der Waals surface area contributed by atoms with Crippen LogP contribution in [0.2, 0.25) is 5.02 Å². The zero-order valence-electron chi connectivity index (χ0n) is 22.2. The maximum atomic E-state index is 14.8. The van der Waals surface area contributed by atoms with E-state index in [0.717, 1.165) is 36.4 Å². The highest BCUT2D eigenvalue weighted by Gasteiger charge is 2.31. The van der Waals surface area contributed by atoms with Gasteiger partial charge >= 0.3 is 0 Å². The molecule has 1 aromatic heterocycles. The van der Waals surface area contributed by atoms with Crippen LogP contribution in [0.4, 0.5) is 16.0 Å². The monoisotopic (exact) mass is 554 g/mol. The van der Waals surface area contributed by atoms with Crippen molar-refractivity contribution < 1.29 is 9.18 Å². The lowest BCUT2D eigenvalue weighted by molar-refractivity contribution is 0.0450. The van der Waals surface area contributed by atoms with Crippen LogP contribution in [-0.2, 0) is 6.54 Å². The zero-order valence-corrected chi connectivity index (χ0v) is 23.0. The molecule has 7 nitrogen and oxygen atoms in total. The van der Waals surface area contributed by atoms with Gasteiger partial charge in [-0.25, -0.2) is 14.4 Å². The molecule has 4 aromatic rings. The number of amides is 1. The molecule has 2 aliphatic heterocycles. The first-order chi connectivity index (χ1) is 19.4. The fourth-order valence-corrected chi connectivity index (χ4v) is 5.42. The molecule has 1 saturated heterocycles. The fraction of sp³-hybridized carbons (Fsp3) is 0.226. The number of aromatic nitrogens is 2. The number of hydrogen-bond donors (Lipinski definition) is 1. The van der Waals surface area contributed by atoms with E-state index in [0.29, 0.717) is 51.5 Å². The number of likely N-dealkylation sites (tertiary alicyclic amines) is 1. The van der Waals surface area contributed by atoms with Crippen LogP contribution < -0.4 is 5.32 Å². The van der Waals surface area contributed by atoms with Gasteiger partial charge in [0.25, 0.3) is 5.91 Å². The van der Waals surface area contributed by atoms with Crippen molar-refractivity contribution in [3.63, 3.8) is 0 Å². The quantitative estimate of drug-likeness (QED) is 0.333. The average molecular weight is 555 g/mol. The van der Waals surface area contributed by atoms with Crippen LogP contribution in [-0.4, -0.2) is 65.1 Å². The topological polar surface area (TPSA) is 73.7 Å². The summed E-state index contributed by atoms with van der Waals surface area (Å²) in [5.41, 5.74) is 5.39. The molecular formula is C31H28ClFN6O. The van der Waals surface area contributed by atoms with E-state index >= 15 is 0 Å². The van der Waals surface area contributed by atoms with E-state index in [4.69, 9.17) is 21.6 Å². The predicted octanol–water partition coefficient (Wildman–Crippen LogP) is 5.66. The van der Waals surface area contributed by atoms with Crippen molar-refractivity contribution in [3.05, 3.63) is 106 Å². The van der Waals surface area contributed by atoms with Crippen molar-refractivity contribution in [3.8, 4) is 11.3 Å². The van der Waals surface area contributed by atoms with Crippen LogP contribution in [0.3, 0.4) is 0 Å². The normalized spacial score (nSPS) is 14.6. The lowest BCUT2D eigenvalue weighted by Crippen LogP contribution is -2.53. The number of anilines is 2. The first kappa shape index (κ1) is 26.1. The number of aliphatic imine (C=N–C) groups is 1. The fourth-order valence-electron chi connectivity index (χ4n) is 5.24. The Morgan fingerprint density at radius 2 is 1.82 bits per heavy atom. The molecule has 3 heterocycles. The minimum Gasteiger partial charge on any atom is -0.338 e. The highest BCUT2D eigenvalue weighted by molar-refractivity contribution is 6.31. The van der Waals surface area contributed by atoms with Crippen molar-refractivity contribution >= 4 is 34.9 Å². The van der Waals surface area contributed by atoms with E-state index in [1.54, 1.807) is 36.5 Å². The highest BCUT2D eigenvalue weighted by Crippen LogP contribution is 2.34. The summed E-state index contributed by atoms with van der Waals surface area (Å²) in [4.78, 5) is 30.9. The number of fused-ring (bicyclic) bond motifs is 3. The molecule has 0 atom stereocenters. The van der Waals surface area contributed by atoms with E-state index in [1.807, 2.05) is 35.2 Å². The minimum absolute atomic E-state index is 0.0451. The van der Waals surface area contributed by atoms with Gasteiger partial charge in [-0.2, -0.15) is 0 Å². The van der Waals surface area contributed by atoms with Gasteiger partial charge in [0.1, 0.15) is 5.82 Å². The molecule has 9 heteroatoms. The first-order valence-electron chi connectivity index (χ1n) is 13.1. The molecule has 1 N–H and O–H groups in total. The van der Waals surface area contributed by atoms with Crippen molar-refractivity contribution in [2.75, 3.05) is 39.0 Å².